The monoisotopic (exact) mass is 277 g/mol. The predicted octanol–water partition coefficient (Wildman–Crippen LogP) is 1.69. The lowest BCUT2D eigenvalue weighted by atomic mass is 10.6. The summed E-state index contributed by atoms with van der Waals surface area (Å²) in [7, 11) is 0. The van der Waals surface area contributed by atoms with Gasteiger partial charge in [0.1, 0.15) is 6.20 Å². The maximum Gasteiger partial charge on any atom is 0.319 e. The van der Waals surface area contributed by atoms with Crippen molar-refractivity contribution in [1.29, 1.82) is 0 Å². The molecule has 1 aromatic heterocycles. The lowest BCUT2D eigenvalue weighted by Crippen LogP contribution is -2.07. The first-order chi connectivity index (χ1) is 8.04. The summed E-state index contributed by atoms with van der Waals surface area (Å²) in [6.45, 7) is 1.93. The van der Waals surface area contributed by atoms with Gasteiger partial charge in [-0.1, -0.05) is 11.8 Å². The van der Waals surface area contributed by atoms with Crippen LogP contribution in [0.4, 0.5) is 5.69 Å². The van der Waals surface area contributed by atoms with Crippen molar-refractivity contribution >= 4 is 35.0 Å². The number of rotatable bonds is 5. The molecule has 0 radical (unpaired) electrons. The van der Waals surface area contributed by atoms with Crippen molar-refractivity contribution in [1.82, 2.24) is 9.97 Å². The molecule has 17 heavy (non-hydrogen) atoms. The molecule has 1 heterocycles. The molecule has 0 aliphatic rings. The van der Waals surface area contributed by atoms with E-state index in [9.17, 15) is 14.9 Å². The Balaban J connectivity index is 2.78. The highest BCUT2D eigenvalue weighted by molar-refractivity contribution is 8.00. The van der Waals surface area contributed by atoms with Crippen LogP contribution in [0.25, 0.3) is 0 Å². The smallest absolute Gasteiger partial charge is 0.319 e. The van der Waals surface area contributed by atoms with Crippen LogP contribution in [-0.2, 0) is 9.53 Å². The molecular weight excluding hydrogens is 270 g/mol. The van der Waals surface area contributed by atoms with Gasteiger partial charge >= 0.3 is 11.7 Å². The summed E-state index contributed by atoms with van der Waals surface area (Å²) >= 11 is 6.41. The second-order valence-corrected chi connectivity index (χ2v) is 3.98. The first-order valence-electron chi connectivity index (χ1n) is 4.50. The van der Waals surface area contributed by atoms with Crippen molar-refractivity contribution in [2.75, 3.05) is 12.4 Å². The molecule has 0 N–H and O–H groups in total. The first kappa shape index (κ1) is 13.7. The van der Waals surface area contributed by atoms with E-state index in [1.807, 2.05) is 0 Å². The number of thioether (sulfide) groups is 1. The zero-order valence-electron chi connectivity index (χ0n) is 8.75. The molecule has 0 saturated carbocycles. The Labute approximate surface area is 106 Å². The van der Waals surface area contributed by atoms with Crippen LogP contribution < -0.4 is 0 Å². The van der Waals surface area contributed by atoms with Crippen molar-refractivity contribution in [3.8, 4) is 0 Å². The standard InChI is InChI=1S/C8H8ClN3O4S/c1-2-16-6(13)4-17-7-5(12(14)15)3-10-8(9)11-7/h3H,2,4H2,1H3. The summed E-state index contributed by atoms with van der Waals surface area (Å²) in [6.07, 6.45) is 1.00. The Hall–Kier alpha value is -1.41. The molecule has 92 valence electrons. The van der Waals surface area contributed by atoms with Gasteiger partial charge in [0.2, 0.25) is 5.28 Å². The normalized spacial score (nSPS) is 10.0. The van der Waals surface area contributed by atoms with Gasteiger partial charge in [0.15, 0.2) is 5.03 Å². The van der Waals surface area contributed by atoms with Gasteiger partial charge in [-0.15, -0.1) is 0 Å². The van der Waals surface area contributed by atoms with Gasteiger partial charge in [0, 0.05) is 0 Å². The summed E-state index contributed by atoms with van der Waals surface area (Å²) in [5.74, 6) is -0.538. The van der Waals surface area contributed by atoms with Crippen molar-refractivity contribution in [2.45, 2.75) is 11.9 Å². The van der Waals surface area contributed by atoms with E-state index < -0.39 is 10.9 Å². The fourth-order valence-electron chi connectivity index (χ4n) is 0.901. The Kier molecular flexibility index (Phi) is 5.11. The minimum atomic E-state index is -0.635. The summed E-state index contributed by atoms with van der Waals surface area (Å²) in [5, 5.41) is 10.6. The number of carbonyl (C=O) groups is 1. The molecule has 0 aromatic carbocycles. The number of carbonyl (C=O) groups excluding carboxylic acids is 1. The van der Waals surface area contributed by atoms with Crippen LogP contribution in [0.2, 0.25) is 5.28 Å². The minimum absolute atomic E-state index is 0.0445. The SMILES string of the molecule is CCOC(=O)CSc1nc(Cl)ncc1[N+](=O)[O-]. The fourth-order valence-corrected chi connectivity index (χ4v) is 1.85. The van der Waals surface area contributed by atoms with Crippen molar-refractivity contribution in [3.05, 3.63) is 21.6 Å². The Bertz CT molecular complexity index is 443. The van der Waals surface area contributed by atoms with Gasteiger partial charge < -0.3 is 4.74 Å². The Morgan fingerprint density at radius 1 is 1.71 bits per heavy atom. The largest absolute Gasteiger partial charge is 0.465 e. The van der Waals surface area contributed by atoms with Gasteiger partial charge in [-0.25, -0.2) is 9.97 Å². The molecule has 0 spiro atoms. The summed E-state index contributed by atoms with van der Waals surface area (Å²) in [4.78, 5) is 28.3. The van der Waals surface area contributed by atoms with Crippen LogP contribution in [0, 0.1) is 10.1 Å². The summed E-state index contributed by atoms with van der Waals surface area (Å²) < 4.78 is 4.69. The average molecular weight is 278 g/mol. The summed E-state index contributed by atoms with van der Waals surface area (Å²) in [6, 6.07) is 0. The maximum atomic E-state index is 11.1. The Morgan fingerprint density at radius 2 is 2.41 bits per heavy atom. The molecular formula is C8H8ClN3O4S. The van der Waals surface area contributed by atoms with E-state index in [1.54, 1.807) is 6.92 Å². The molecule has 1 rings (SSSR count). The molecule has 0 unspecified atom stereocenters. The van der Waals surface area contributed by atoms with Gasteiger partial charge in [-0.05, 0) is 18.5 Å². The van der Waals surface area contributed by atoms with Crippen LogP contribution in [-0.4, -0.2) is 33.2 Å². The quantitative estimate of drug-likeness (QED) is 0.202. The zero-order valence-corrected chi connectivity index (χ0v) is 10.3. The van der Waals surface area contributed by atoms with E-state index in [0.29, 0.717) is 0 Å². The fraction of sp³-hybridized carbons (Fsp3) is 0.375. The summed E-state index contributed by atoms with van der Waals surface area (Å²) in [5.41, 5.74) is -0.288. The van der Waals surface area contributed by atoms with E-state index in [2.05, 4.69) is 14.7 Å². The van der Waals surface area contributed by atoms with Crippen molar-refractivity contribution in [3.63, 3.8) is 0 Å². The van der Waals surface area contributed by atoms with Gasteiger partial charge in [-0.3, -0.25) is 14.9 Å². The second-order valence-electron chi connectivity index (χ2n) is 2.68. The number of esters is 1. The zero-order chi connectivity index (χ0) is 12.8. The number of nitrogens with zero attached hydrogens (tertiary/aromatic N) is 3. The number of halogens is 1. The lowest BCUT2D eigenvalue weighted by molar-refractivity contribution is -0.388. The van der Waals surface area contributed by atoms with Crippen LogP contribution >= 0.6 is 23.4 Å². The predicted molar refractivity (Wildman–Crippen MR) is 61.1 cm³/mol. The molecule has 9 heteroatoms. The molecule has 0 saturated heterocycles. The highest BCUT2D eigenvalue weighted by Crippen LogP contribution is 2.27. The van der Waals surface area contributed by atoms with Gasteiger partial charge in [-0.2, -0.15) is 0 Å². The molecule has 1 aromatic rings. The molecule has 0 atom stereocenters. The van der Waals surface area contributed by atoms with Crippen LogP contribution in [0.15, 0.2) is 11.2 Å². The maximum absolute atomic E-state index is 11.1. The highest BCUT2D eigenvalue weighted by atomic mass is 35.5. The van der Waals surface area contributed by atoms with E-state index in [-0.39, 0.29) is 28.4 Å². The number of aromatic nitrogens is 2. The number of hydrogen-bond donors (Lipinski definition) is 0. The van der Waals surface area contributed by atoms with Gasteiger partial charge in [0.25, 0.3) is 0 Å². The van der Waals surface area contributed by atoms with E-state index in [0.717, 1.165) is 18.0 Å². The molecule has 0 bridgehead atoms. The van der Waals surface area contributed by atoms with E-state index in [1.165, 1.54) is 0 Å². The van der Waals surface area contributed by atoms with E-state index in [4.69, 9.17) is 11.6 Å². The Morgan fingerprint density at radius 3 is 3.00 bits per heavy atom. The topological polar surface area (TPSA) is 95.2 Å². The molecule has 0 aliphatic heterocycles. The number of hydrogen-bond acceptors (Lipinski definition) is 7. The van der Waals surface area contributed by atoms with Crippen LogP contribution in [0.3, 0.4) is 0 Å². The van der Waals surface area contributed by atoms with Crippen molar-refractivity contribution in [2.24, 2.45) is 0 Å². The first-order valence-corrected chi connectivity index (χ1v) is 5.86. The van der Waals surface area contributed by atoms with Crippen LogP contribution in [0.5, 0.6) is 0 Å². The van der Waals surface area contributed by atoms with Crippen molar-refractivity contribution < 1.29 is 14.5 Å². The molecule has 0 amide bonds. The number of ether oxygens (including phenoxy) is 1. The van der Waals surface area contributed by atoms with Gasteiger partial charge in [0.05, 0.1) is 17.3 Å². The lowest BCUT2D eigenvalue weighted by Gasteiger charge is -2.02. The highest BCUT2D eigenvalue weighted by Gasteiger charge is 2.18. The average Bonchev–Trinajstić information content (AvgIpc) is 2.26. The number of nitro groups is 1. The third kappa shape index (κ3) is 4.16. The van der Waals surface area contributed by atoms with E-state index >= 15 is 0 Å². The molecule has 0 fully saturated rings. The van der Waals surface area contributed by atoms with Crippen LogP contribution in [0.1, 0.15) is 6.92 Å². The minimum Gasteiger partial charge on any atom is -0.465 e. The molecule has 7 nitrogen and oxygen atoms in total. The third-order valence-electron chi connectivity index (χ3n) is 1.54. The third-order valence-corrected chi connectivity index (χ3v) is 2.67. The molecule has 0 aliphatic carbocycles. The second kappa shape index (κ2) is 6.36.